The Morgan fingerprint density at radius 2 is 1.11 bits per heavy atom. The monoisotopic (exact) mass is 374 g/mol. The Morgan fingerprint density at radius 1 is 0.679 bits per heavy atom. The van der Waals surface area contributed by atoms with E-state index in [4.69, 9.17) is 9.98 Å². The number of benzene rings is 2. The summed E-state index contributed by atoms with van der Waals surface area (Å²) >= 11 is 0. The molecule has 1 heterocycles. The molecule has 0 bridgehead atoms. The third-order valence-electron chi connectivity index (χ3n) is 5.13. The molecule has 2 aliphatic rings. The van der Waals surface area contributed by atoms with E-state index in [9.17, 15) is 9.59 Å². The van der Waals surface area contributed by atoms with Crippen molar-refractivity contribution in [3.05, 3.63) is 59.7 Å². The standard InChI is InChI=1S/C22H22N4O2/c27-21-22(28)26-18-10-4-2-8-16(18)14-24-20-12-6-5-11-19(20)23-13-15-7-1-3-9-17(15)25-21/h1-4,7-10,13-14,19-20H,5-6,11-12H2,(H,25,27)(H,26,28). The van der Waals surface area contributed by atoms with Crippen molar-refractivity contribution in [2.75, 3.05) is 10.6 Å². The lowest BCUT2D eigenvalue weighted by Gasteiger charge is -2.25. The molecule has 0 saturated heterocycles. The fourth-order valence-corrected chi connectivity index (χ4v) is 3.60. The summed E-state index contributed by atoms with van der Waals surface area (Å²) in [7, 11) is 0. The van der Waals surface area contributed by atoms with Crippen LogP contribution in [0, 0.1) is 0 Å². The molecule has 2 aromatic rings. The highest BCUT2D eigenvalue weighted by Crippen LogP contribution is 2.25. The zero-order valence-corrected chi connectivity index (χ0v) is 15.5. The van der Waals surface area contributed by atoms with Crippen LogP contribution < -0.4 is 10.6 Å². The number of para-hydroxylation sites is 2. The first kappa shape index (κ1) is 18.1. The van der Waals surface area contributed by atoms with Crippen molar-refractivity contribution >= 4 is 35.6 Å². The molecule has 2 amide bonds. The summed E-state index contributed by atoms with van der Waals surface area (Å²) in [5.74, 6) is -1.44. The first-order valence-corrected chi connectivity index (χ1v) is 9.57. The fourth-order valence-electron chi connectivity index (χ4n) is 3.60. The average molecular weight is 374 g/mol. The van der Waals surface area contributed by atoms with Crippen LogP contribution in [0.1, 0.15) is 36.8 Å². The Hall–Kier alpha value is -3.28. The second kappa shape index (κ2) is 8.17. The first-order valence-electron chi connectivity index (χ1n) is 9.57. The molecule has 1 fully saturated rings. The van der Waals surface area contributed by atoms with E-state index in [1.54, 1.807) is 24.6 Å². The normalized spacial score (nSPS) is 22.1. The predicted molar refractivity (Wildman–Crippen MR) is 111 cm³/mol. The topological polar surface area (TPSA) is 82.9 Å². The Morgan fingerprint density at radius 3 is 1.57 bits per heavy atom. The van der Waals surface area contributed by atoms with E-state index in [-0.39, 0.29) is 12.1 Å². The summed E-state index contributed by atoms with van der Waals surface area (Å²) in [5.41, 5.74) is 2.67. The van der Waals surface area contributed by atoms with Crippen LogP contribution in [-0.2, 0) is 9.59 Å². The third-order valence-corrected chi connectivity index (χ3v) is 5.13. The molecule has 0 radical (unpaired) electrons. The zero-order valence-electron chi connectivity index (χ0n) is 15.5. The number of hydrogen-bond donors (Lipinski definition) is 2. The largest absolute Gasteiger partial charge is 0.317 e. The highest BCUT2D eigenvalue weighted by molar-refractivity contribution is 6.44. The van der Waals surface area contributed by atoms with Gasteiger partial charge in [-0.2, -0.15) is 0 Å². The van der Waals surface area contributed by atoms with Gasteiger partial charge >= 0.3 is 11.8 Å². The quantitative estimate of drug-likeness (QED) is 0.693. The van der Waals surface area contributed by atoms with Crippen molar-refractivity contribution in [1.82, 2.24) is 0 Å². The molecule has 2 aromatic carbocycles. The van der Waals surface area contributed by atoms with E-state index in [1.165, 1.54) is 0 Å². The van der Waals surface area contributed by atoms with Crippen LogP contribution in [0.25, 0.3) is 0 Å². The van der Waals surface area contributed by atoms with Gasteiger partial charge in [0, 0.05) is 34.9 Å². The number of nitrogens with one attached hydrogen (secondary N) is 2. The van der Waals surface area contributed by atoms with Crippen LogP contribution in [0.2, 0.25) is 0 Å². The summed E-state index contributed by atoms with van der Waals surface area (Å²) in [6, 6.07) is 14.9. The van der Waals surface area contributed by atoms with Gasteiger partial charge in [0.2, 0.25) is 0 Å². The van der Waals surface area contributed by atoms with Crippen LogP contribution in [-0.4, -0.2) is 36.3 Å². The van der Waals surface area contributed by atoms with E-state index in [1.807, 2.05) is 36.4 Å². The first-order chi connectivity index (χ1) is 13.7. The second-order valence-corrected chi connectivity index (χ2v) is 7.06. The van der Waals surface area contributed by atoms with Gasteiger partial charge in [-0.05, 0) is 25.0 Å². The Labute approximate surface area is 163 Å². The molecule has 28 heavy (non-hydrogen) atoms. The fraction of sp³-hybridized carbons (Fsp3) is 0.273. The molecule has 0 aromatic heterocycles. The van der Waals surface area contributed by atoms with Crippen molar-refractivity contribution in [2.45, 2.75) is 37.8 Å². The summed E-state index contributed by atoms with van der Waals surface area (Å²) in [5, 5.41) is 5.38. The number of aliphatic imine (C=N–C) groups is 2. The lowest BCUT2D eigenvalue weighted by molar-refractivity contribution is -0.133. The summed E-state index contributed by atoms with van der Waals surface area (Å²) < 4.78 is 0. The van der Waals surface area contributed by atoms with Gasteiger partial charge in [0.15, 0.2) is 0 Å². The van der Waals surface area contributed by atoms with Gasteiger partial charge in [-0.15, -0.1) is 0 Å². The zero-order chi connectivity index (χ0) is 19.3. The second-order valence-electron chi connectivity index (χ2n) is 7.06. The summed E-state index contributed by atoms with van der Waals surface area (Å²) in [4.78, 5) is 34.3. The van der Waals surface area contributed by atoms with Crippen LogP contribution in [0.15, 0.2) is 58.5 Å². The van der Waals surface area contributed by atoms with Gasteiger partial charge in [-0.1, -0.05) is 49.2 Å². The number of fused-ring (bicyclic) bond motifs is 3. The molecule has 2 unspecified atom stereocenters. The smallest absolute Gasteiger partial charge is 0.314 e. The van der Waals surface area contributed by atoms with Crippen LogP contribution in [0.3, 0.4) is 0 Å². The molecule has 0 spiro atoms. The van der Waals surface area contributed by atoms with Gasteiger partial charge in [0.1, 0.15) is 0 Å². The molecule has 2 atom stereocenters. The minimum absolute atomic E-state index is 0.110. The van der Waals surface area contributed by atoms with Crippen LogP contribution >= 0.6 is 0 Å². The van der Waals surface area contributed by atoms with Gasteiger partial charge in [-0.3, -0.25) is 19.6 Å². The number of nitrogens with zero attached hydrogens (tertiary/aromatic N) is 2. The number of rotatable bonds is 0. The van der Waals surface area contributed by atoms with Crippen molar-refractivity contribution in [3.8, 4) is 0 Å². The van der Waals surface area contributed by atoms with E-state index >= 15 is 0 Å². The van der Waals surface area contributed by atoms with Gasteiger partial charge in [-0.25, -0.2) is 0 Å². The maximum Gasteiger partial charge on any atom is 0.314 e. The predicted octanol–water partition coefficient (Wildman–Crippen LogP) is 3.43. The van der Waals surface area contributed by atoms with Crippen molar-refractivity contribution in [3.63, 3.8) is 0 Å². The van der Waals surface area contributed by atoms with Crippen LogP contribution in [0.5, 0.6) is 0 Å². The molecule has 2 N–H and O–H groups in total. The molecule has 4 rings (SSSR count). The minimum Gasteiger partial charge on any atom is -0.317 e. The molecule has 6 nitrogen and oxygen atoms in total. The molecule has 142 valence electrons. The Bertz CT molecular complexity index is 874. The van der Waals surface area contributed by atoms with E-state index in [0.717, 1.165) is 36.8 Å². The van der Waals surface area contributed by atoms with Crippen LogP contribution in [0.4, 0.5) is 11.4 Å². The van der Waals surface area contributed by atoms with Gasteiger partial charge < -0.3 is 10.6 Å². The average Bonchev–Trinajstić information content (AvgIpc) is 2.72. The number of carbonyl (C=O) groups is 2. The molecule has 6 heteroatoms. The third kappa shape index (κ3) is 4.01. The lowest BCUT2D eigenvalue weighted by atomic mass is 9.91. The molecular weight excluding hydrogens is 352 g/mol. The maximum absolute atomic E-state index is 12.4. The number of amides is 2. The summed E-state index contributed by atoms with van der Waals surface area (Å²) in [6.45, 7) is 0. The molecular formula is C22H22N4O2. The van der Waals surface area contributed by atoms with E-state index in [0.29, 0.717) is 11.4 Å². The van der Waals surface area contributed by atoms with Gasteiger partial charge in [0.25, 0.3) is 0 Å². The SMILES string of the molecule is O=C1Nc2ccccc2C=NC2CCCCC2N=Cc2ccccc2NC1=O. The van der Waals surface area contributed by atoms with E-state index in [2.05, 4.69) is 10.6 Å². The van der Waals surface area contributed by atoms with Crippen molar-refractivity contribution in [2.24, 2.45) is 9.98 Å². The Kier molecular flexibility index (Phi) is 5.28. The number of anilines is 2. The van der Waals surface area contributed by atoms with Crippen molar-refractivity contribution < 1.29 is 9.59 Å². The number of hydrogen-bond acceptors (Lipinski definition) is 4. The van der Waals surface area contributed by atoms with Crippen molar-refractivity contribution in [1.29, 1.82) is 0 Å². The minimum atomic E-state index is -0.722. The molecule has 1 aliphatic carbocycles. The molecule has 1 aliphatic heterocycles. The highest BCUT2D eigenvalue weighted by atomic mass is 16.2. The maximum atomic E-state index is 12.4. The lowest BCUT2D eigenvalue weighted by Crippen LogP contribution is -2.30. The van der Waals surface area contributed by atoms with Gasteiger partial charge in [0.05, 0.1) is 12.1 Å². The summed E-state index contributed by atoms with van der Waals surface area (Å²) in [6.07, 6.45) is 7.83. The molecule has 1 saturated carbocycles. The van der Waals surface area contributed by atoms with E-state index < -0.39 is 11.8 Å². The Balaban J connectivity index is 1.75. The highest BCUT2D eigenvalue weighted by Gasteiger charge is 2.24. The number of carbonyl (C=O) groups excluding carboxylic acids is 2.